The van der Waals surface area contributed by atoms with Crippen LogP contribution in [0, 0.1) is 6.92 Å². The first kappa shape index (κ1) is 9.64. The fourth-order valence-corrected chi connectivity index (χ4v) is 1.53. The van der Waals surface area contributed by atoms with Gasteiger partial charge in [0.05, 0.1) is 5.69 Å². The molecule has 0 aliphatic heterocycles. The topological polar surface area (TPSA) is 67.2 Å². The van der Waals surface area contributed by atoms with Gasteiger partial charge in [-0.1, -0.05) is 0 Å². The summed E-state index contributed by atoms with van der Waals surface area (Å²) in [6.45, 7) is 3.30. The van der Waals surface area contributed by atoms with Crippen LogP contribution in [0.25, 0.3) is 5.65 Å². The first-order chi connectivity index (χ1) is 7.06. The zero-order chi connectivity index (χ0) is 11.0. The fourth-order valence-electron chi connectivity index (χ4n) is 1.53. The van der Waals surface area contributed by atoms with Crippen LogP contribution >= 0.6 is 0 Å². The smallest absolute Gasteiger partial charge is 0.274 e. The highest BCUT2D eigenvalue weighted by Gasteiger charge is 2.05. The molecule has 15 heavy (non-hydrogen) atoms. The zero-order valence-electron chi connectivity index (χ0n) is 8.57. The molecule has 0 saturated carbocycles. The molecule has 0 saturated heterocycles. The average molecular weight is 205 g/mol. The van der Waals surface area contributed by atoms with Crippen molar-refractivity contribution < 1.29 is 4.79 Å². The quantitative estimate of drug-likeness (QED) is 0.774. The summed E-state index contributed by atoms with van der Waals surface area (Å²) in [5.74, 6) is 0.0197. The van der Waals surface area contributed by atoms with Crippen molar-refractivity contribution in [1.82, 2.24) is 14.6 Å². The predicted octanol–water partition coefficient (Wildman–Crippen LogP) is 0.463. The minimum absolute atomic E-state index is 0.0197. The molecule has 0 bridgehead atoms. The summed E-state index contributed by atoms with van der Waals surface area (Å²) in [5.41, 5.74) is 1.80. The zero-order valence-corrected chi connectivity index (χ0v) is 8.57. The first-order valence-electron chi connectivity index (χ1n) is 4.64. The number of aromatic nitrogens is 3. The molecule has 0 aliphatic rings. The number of Topliss-reactive ketones (excluding diaryl/α,β-unsaturated/α-hetero) is 1. The van der Waals surface area contributed by atoms with Crippen molar-refractivity contribution in [2.45, 2.75) is 20.3 Å². The van der Waals surface area contributed by atoms with E-state index in [1.165, 1.54) is 17.5 Å². The molecule has 2 rings (SSSR count). The average Bonchev–Trinajstić information content (AvgIpc) is 2.44. The molecule has 0 unspecified atom stereocenters. The maximum atomic E-state index is 11.6. The molecule has 5 heteroatoms. The van der Waals surface area contributed by atoms with Crippen LogP contribution in [0.2, 0.25) is 0 Å². The highest BCUT2D eigenvalue weighted by atomic mass is 16.1. The van der Waals surface area contributed by atoms with Gasteiger partial charge in [0.15, 0.2) is 0 Å². The molecule has 2 heterocycles. The van der Waals surface area contributed by atoms with Crippen LogP contribution < -0.4 is 5.56 Å². The van der Waals surface area contributed by atoms with Gasteiger partial charge in [-0.25, -0.2) is 0 Å². The lowest BCUT2D eigenvalue weighted by Crippen LogP contribution is -2.16. The second-order valence-electron chi connectivity index (χ2n) is 3.59. The number of carbonyl (C=O) groups excluding carboxylic acids is 1. The lowest BCUT2D eigenvalue weighted by atomic mass is 10.2. The molecule has 5 nitrogen and oxygen atoms in total. The van der Waals surface area contributed by atoms with Crippen molar-refractivity contribution in [2.24, 2.45) is 0 Å². The van der Waals surface area contributed by atoms with Gasteiger partial charge < -0.3 is 4.98 Å². The summed E-state index contributed by atoms with van der Waals surface area (Å²) in [6.07, 6.45) is 0.246. The summed E-state index contributed by atoms with van der Waals surface area (Å²) in [5, 5.41) is 4.02. The lowest BCUT2D eigenvalue weighted by Gasteiger charge is -1.98. The normalized spacial score (nSPS) is 10.8. The third kappa shape index (κ3) is 1.81. The monoisotopic (exact) mass is 205 g/mol. The van der Waals surface area contributed by atoms with Crippen molar-refractivity contribution in [3.8, 4) is 0 Å². The highest BCUT2D eigenvalue weighted by molar-refractivity contribution is 5.77. The molecule has 78 valence electrons. The highest BCUT2D eigenvalue weighted by Crippen LogP contribution is 2.02. The van der Waals surface area contributed by atoms with Crippen molar-refractivity contribution in [3.63, 3.8) is 0 Å². The van der Waals surface area contributed by atoms with Gasteiger partial charge in [0, 0.05) is 24.2 Å². The maximum absolute atomic E-state index is 11.6. The van der Waals surface area contributed by atoms with E-state index in [1.807, 2.05) is 6.92 Å². The van der Waals surface area contributed by atoms with Gasteiger partial charge in [-0.05, 0) is 13.8 Å². The van der Waals surface area contributed by atoms with Crippen LogP contribution in [0.4, 0.5) is 0 Å². The van der Waals surface area contributed by atoms with Crippen molar-refractivity contribution in [1.29, 1.82) is 0 Å². The molecular formula is C10H11N3O2. The molecule has 0 aliphatic carbocycles. The van der Waals surface area contributed by atoms with E-state index in [9.17, 15) is 9.59 Å². The number of aryl methyl sites for hydroxylation is 1. The third-order valence-electron chi connectivity index (χ3n) is 2.07. The van der Waals surface area contributed by atoms with Gasteiger partial charge >= 0.3 is 0 Å². The van der Waals surface area contributed by atoms with E-state index in [4.69, 9.17) is 0 Å². The Kier molecular flexibility index (Phi) is 2.15. The van der Waals surface area contributed by atoms with E-state index in [0.717, 1.165) is 5.69 Å². The fraction of sp³-hybridized carbons (Fsp3) is 0.300. The maximum Gasteiger partial charge on any atom is 0.274 e. The van der Waals surface area contributed by atoms with Crippen LogP contribution in [0.1, 0.15) is 18.3 Å². The third-order valence-corrected chi connectivity index (χ3v) is 2.07. The Balaban J connectivity index is 2.61. The number of hydrogen-bond acceptors (Lipinski definition) is 3. The molecular weight excluding hydrogens is 194 g/mol. The number of nitrogens with zero attached hydrogens (tertiary/aromatic N) is 2. The molecule has 2 aromatic rings. The molecule has 0 radical (unpaired) electrons. The Morgan fingerprint density at radius 1 is 1.53 bits per heavy atom. The SMILES string of the molecule is CC(=O)Cc1cc(=O)n2nc(C)cc2[nH]1. The molecule has 1 N–H and O–H groups in total. The van der Waals surface area contributed by atoms with Crippen molar-refractivity contribution in [2.75, 3.05) is 0 Å². The Morgan fingerprint density at radius 2 is 2.27 bits per heavy atom. The minimum Gasteiger partial charge on any atom is -0.343 e. The van der Waals surface area contributed by atoms with Crippen LogP contribution in [-0.4, -0.2) is 20.4 Å². The Bertz CT molecular complexity index is 580. The summed E-state index contributed by atoms with van der Waals surface area (Å²) in [7, 11) is 0. The Hall–Kier alpha value is -1.91. The van der Waals surface area contributed by atoms with Crippen LogP contribution in [0.15, 0.2) is 16.9 Å². The summed E-state index contributed by atoms with van der Waals surface area (Å²) in [4.78, 5) is 25.5. The van der Waals surface area contributed by atoms with E-state index in [0.29, 0.717) is 11.3 Å². The summed E-state index contributed by atoms with van der Waals surface area (Å²) < 4.78 is 1.29. The van der Waals surface area contributed by atoms with E-state index < -0.39 is 0 Å². The van der Waals surface area contributed by atoms with Gasteiger partial charge in [-0.3, -0.25) is 9.59 Å². The van der Waals surface area contributed by atoms with Gasteiger partial charge in [0.2, 0.25) is 0 Å². The predicted molar refractivity (Wildman–Crippen MR) is 54.9 cm³/mol. The van der Waals surface area contributed by atoms with Gasteiger partial charge in [0.1, 0.15) is 11.4 Å². The van der Waals surface area contributed by atoms with E-state index in [-0.39, 0.29) is 17.8 Å². The van der Waals surface area contributed by atoms with Gasteiger partial charge in [-0.2, -0.15) is 9.61 Å². The summed E-state index contributed by atoms with van der Waals surface area (Å²) in [6, 6.07) is 3.17. The molecule has 0 atom stereocenters. The van der Waals surface area contributed by atoms with Gasteiger partial charge in [-0.15, -0.1) is 0 Å². The molecule has 0 spiro atoms. The number of hydrogen-bond donors (Lipinski definition) is 1. The van der Waals surface area contributed by atoms with Crippen LogP contribution in [0.5, 0.6) is 0 Å². The Morgan fingerprint density at radius 3 is 2.93 bits per heavy atom. The number of fused-ring (bicyclic) bond motifs is 1. The number of rotatable bonds is 2. The van der Waals surface area contributed by atoms with Crippen molar-refractivity contribution in [3.05, 3.63) is 33.9 Å². The van der Waals surface area contributed by atoms with E-state index >= 15 is 0 Å². The number of nitrogens with one attached hydrogen (secondary N) is 1. The minimum atomic E-state index is -0.215. The summed E-state index contributed by atoms with van der Waals surface area (Å²) >= 11 is 0. The molecule has 0 fully saturated rings. The second-order valence-corrected chi connectivity index (χ2v) is 3.59. The van der Waals surface area contributed by atoms with Crippen LogP contribution in [-0.2, 0) is 11.2 Å². The van der Waals surface area contributed by atoms with E-state index in [1.54, 1.807) is 6.07 Å². The standard InChI is InChI=1S/C10H11N3O2/c1-6-3-9-11-8(4-7(2)14)5-10(15)13(9)12-6/h3,5,11H,4H2,1-2H3. The number of aromatic amines is 1. The second kappa shape index (κ2) is 3.34. The number of ketones is 1. The molecule has 2 aromatic heterocycles. The van der Waals surface area contributed by atoms with Gasteiger partial charge in [0.25, 0.3) is 5.56 Å². The number of carbonyl (C=O) groups is 1. The van der Waals surface area contributed by atoms with Crippen molar-refractivity contribution >= 4 is 11.4 Å². The number of H-pyrrole nitrogens is 1. The lowest BCUT2D eigenvalue weighted by molar-refractivity contribution is -0.116. The van der Waals surface area contributed by atoms with E-state index in [2.05, 4.69) is 10.1 Å². The molecule has 0 amide bonds. The largest absolute Gasteiger partial charge is 0.343 e. The van der Waals surface area contributed by atoms with Crippen LogP contribution in [0.3, 0.4) is 0 Å². The molecule has 0 aromatic carbocycles. The first-order valence-corrected chi connectivity index (χ1v) is 4.64. The Labute approximate surface area is 85.7 Å².